The number of hydrogen-bond acceptors (Lipinski definition) is 1. The molecule has 0 aliphatic rings. The molecule has 58 valence electrons. The van der Waals surface area contributed by atoms with Crippen LogP contribution in [0.1, 0.15) is 27.2 Å². The van der Waals surface area contributed by atoms with Gasteiger partial charge in [-0.1, -0.05) is 13.8 Å². The molecule has 0 aliphatic carbocycles. The fourth-order valence-electron chi connectivity index (χ4n) is 0.983. The smallest absolute Gasteiger partial charge is 0.0457 e. The molecule has 0 bridgehead atoms. The van der Waals surface area contributed by atoms with Crippen molar-refractivity contribution < 1.29 is 5.11 Å². The van der Waals surface area contributed by atoms with Crippen molar-refractivity contribution in [1.82, 2.24) is 0 Å². The second-order valence-electron chi connectivity index (χ2n) is 2.82. The van der Waals surface area contributed by atoms with E-state index >= 15 is 0 Å². The van der Waals surface area contributed by atoms with Crippen molar-refractivity contribution in [3.63, 3.8) is 0 Å². The molecule has 10 heavy (non-hydrogen) atoms. The summed E-state index contributed by atoms with van der Waals surface area (Å²) in [7, 11) is 0. The van der Waals surface area contributed by atoms with Gasteiger partial charge < -0.3 is 5.11 Å². The third-order valence-electron chi connectivity index (χ3n) is 1.46. The van der Waals surface area contributed by atoms with Crippen LogP contribution < -0.4 is 0 Å². The summed E-state index contributed by atoms with van der Waals surface area (Å²) in [6.45, 7) is 6.24. The second-order valence-corrected chi connectivity index (χ2v) is 2.82. The molecule has 0 fully saturated rings. The van der Waals surface area contributed by atoms with Crippen LogP contribution in [0.2, 0.25) is 0 Å². The molecular formula is C9H16O. The Labute approximate surface area is 63.5 Å². The lowest BCUT2D eigenvalue weighted by Gasteiger charge is -2.08. The van der Waals surface area contributed by atoms with Gasteiger partial charge in [-0.25, -0.2) is 0 Å². The highest BCUT2D eigenvalue weighted by Gasteiger charge is 2.03. The molecule has 2 atom stereocenters. The molecule has 1 heteroatoms. The van der Waals surface area contributed by atoms with E-state index in [0.29, 0.717) is 11.8 Å². The lowest BCUT2D eigenvalue weighted by molar-refractivity contribution is 0.223. The highest BCUT2D eigenvalue weighted by Crippen LogP contribution is 2.09. The van der Waals surface area contributed by atoms with Crippen molar-refractivity contribution in [2.75, 3.05) is 6.61 Å². The van der Waals surface area contributed by atoms with E-state index in [0.717, 1.165) is 6.42 Å². The van der Waals surface area contributed by atoms with Crippen LogP contribution in [0, 0.1) is 23.7 Å². The Bertz CT molecular complexity index is 129. The zero-order chi connectivity index (χ0) is 7.98. The molecule has 0 saturated carbocycles. The zero-order valence-corrected chi connectivity index (χ0v) is 7.02. The molecule has 0 rings (SSSR count). The Hall–Kier alpha value is -0.480. The van der Waals surface area contributed by atoms with Crippen LogP contribution >= 0.6 is 0 Å². The fourth-order valence-corrected chi connectivity index (χ4v) is 0.983. The highest BCUT2D eigenvalue weighted by molar-refractivity contribution is 4.99. The van der Waals surface area contributed by atoms with Gasteiger partial charge in [0.15, 0.2) is 0 Å². The van der Waals surface area contributed by atoms with Gasteiger partial charge in [0.1, 0.15) is 0 Å². The normalized spacial score (nSPS) is 15.2. The summed E-state index contributed by atoms with van der Waals surface area (Å²) in [4.78, 5) is 0. The van der Waals surface area contributed by atoms with E-state index in [2.05, 4.69) is 18.8 Å². The molecule has 0 amide bonds. The van der Waals surface area contributed by atoms with Crippen LogP contribution in [-0.2, 0) is 0 Å². The maximum Gasteiger partial charge on any atom is 0.0457 e. The quantitative estimate of drug-likeness (QED) is 0.591. The number of aliphatic hydroxyl groups is 1. The predicted molar refractivity (Wildman–Crippen MR) is 43.5 cm³/mol. The van der Waals surface area contributed by atoms with Gasteiger partial charge in [0, 0.05) is 12.5 Å². The van der Waals surface area contributed by atoms with E-state index in [9.17, 15) is 0 Å². The standard InChI is InChI=1S/C9H16O/c1-4-5-8(2)6-9(3)7-10/h8-10H,6-7H2,1-3H3. The van der Waals surface area contributed by atoms with Gasteiger partial charge in [0.05, 0.1) is 0 Å². The third-order valence-corrected chi connectivity index (χ3v) is 1.46. The summed E-state index contributed by atoms with van der Waals surface area (Å²) in [5.41, 5.74) is 0. The summed E-state index contributed by atoms with van der Waals surface area (Å²) in [5.74, 6) is 6.72. The van der Waals surface area contributed by atoms with Crippen LogP contribution in [0.25, 0.3) is 0 Å². The number of rotatable bonds is 3. The highest BCUT2D eigenvalue weighted by atomic mass is 16.3. The van der Waals surface area contributed by atoms with Gasteiger partial charge >= 0.3 is 0 Å². The van der Waals surface area contributed by atoms with Gasteiger partial charge in [-0.15, -0.1) is 11.8 Å². The summed E-state index contributed by atoms with van der Waals surface area (Å²) in [6.07, 6.45) is 0.997. The monoisotopic (exact) mass is 140 g/mol. The summed E-state index contributed by atoms with van der Waals surface area (Å²) >= 11 is 0. The molecule has 1 N–H and O–H groups in total. The van der Waals surface area contributed by atoms with E-state index in [-0.39, 0.29) is 6.61 Å². The first-order valence-electron chi connectivity index (χ1n) is 3.73. The Balaban J connectivity index is 3.53. The van der Waals surface area contributed by atoms with Crippen LogP contribution in [-0.4, -0.2) is 11.7 Å². The second kappa shape index (κ2) is 5.32. The fraction of sp³-hybridized carbons (Fsp3) is 0.778. The van der Waals surface area contributed by atoms with Gasteiger partial charge in [-0.05, 0) is 19.3 Å². The average Bonchev–Trinajstić information content (AvgIpc) is 1.88. The first-order chi connectivity index (χ1) is 4.70. The number of aliphatic hydroxyl groups excluding tert-OH is 1. The van der Waals surface area contributed by atoms with Crippen LogP contribution in [0.4, 0.5) is 0 Å². The molecule has 0 aromatic rings. The van der Waals surface area contributed by atoms with E-state index in [1.54, 1.807) is 0 Å². The average molecular weight is 140 g/mol. The van der Waals surface area contributed by atoms with E-state index in [1.165, 1.54) is 0 Å². The largest absolute Gasteiger partial charge is 0.396 e. The SMILES string of the molecule is CC#CC(C)CC(C)CO. The van der Waals surface area contributed by atoms with Crippen LogP contribution in [0.5, 0.6) is 0 Å². The van der Waals surface area contributed by atoms with Gasteiger partial charge in [0.25, 0.3) is 0 Å². The van der Waals surface area contributed by atoms with Crippen molar-refractivity contribution in [2.24, 2.45) is 11.8 Å². The van der Waals surface area contributed by atoms with Crippen molar-refractivity contribution in [1.29, 1.82) is 0 Å². The molecule has 2 unspecified atom stereocenters. The maximum atomic E-state index is 8.70. The molecule has 0 saturated heterocycles. The first-order valence-corrected chi connectivity index (χ1v) is 3.73. The zero-order valence-electron chi connectivity index (χ0n) is 7.02. The van der Waals surface area contributed by atoms with Gasteiger partial charge in [-0.2, -0.15) is 0 Å². The van der Waals surface area contributed by atoms with E-state index < -0.39 is 0 Å². The Kier molecular flexibility index (Phi) is 5.06. The van der Waals surface area contributed by atoms with Crippen molar-refractivity contribution in [3.8, 4) is 11.8 Å². The molecule has 0 aliphatic heterocycles. The summed E-state index contributed by atoms with van der Waals surface area (Å²) in [5, 5.41) is 8.70. The summed E-state index contributed by atoms with van der Waals surface area (Å²) < 4.78 is 0. The van der Waals surface area contributed by atoms with Crippen molar-refractivity contribution in [2.45, 2.75) is 27.2 Å². The first kappa shape index (κ1) is 9.52. The minimum Gasteiger partial charge on any atom is -0.396 e. The van der Waals surface area contributed by atoms with Gasteiger partial charge in [-0.3, -0.25) is 0 Å². The topological polar surface area (TPSA) is 20.2 Å². The van der Waals surface area contributed by atoms with Crippen molar-refractivity contribution in [3.05, 3.63) is 0 Å². The third kappa shape index (κ3) is 4.40. The Morgan fingerprint density at radius 1 is 1.40 bits per heavy atom. The minimum atomic E-state index is 0.274. The molecule has 0 heterocycles. The lowest BCUT2D eigenvalue weighted by atomic mass is 9.99. The van der Waals surface area contributed by atoms with Crippen molar-refractivity contribution >= 4 is 0 Å². The van der Waals surface area contributed by atoms with E-state index in [4.69, 9.17) is 5.11 Å². The number of hydrogen-bond donors (Lipinski definition) is 1. The molecule has 1 nitrogen and oxygen atoms in total. The van der Waals surface area contributed by atoms with Crippen LogP contribution in [0.15, 0.2) is 0 Å². The predicted octanol–water partition coefficient (Wildman–Crippen LogP) is 1.66. The molecule has 0 aromatic carbocycles. The lowest BCUT2D eigenvalue weighted by Crippen LogP contribution is -2.05. The van der Waals surface area contributed by atoms with Gasteiger partial charge in [0.2, 0.25) is 0 Å². The molecule has 0 radical (unpaired) electrons. The maximum absolute atomic E-state index is 8.70. The van der Waals surface area contributed by atoms with Crippen LogP contribution in [0.3, 0.4) is 0 Å². The summed E-state index contributed by atoms with van der Waals surface area (Å²) in [6, 6.07) is 0. The molecule has 0 spiro atoms. The van der Waals surface area contributed by atoms with E-state index in [1.807, 2.05) is 13.8 Å². The molecular weight excluding hydrogens is 124 g/mol. The minimum absolute atomic E-state index is 0.274. The Morgan fingerprint density at radius 3 is 2.40 bits per heavy atom. The Morgan fingerprint density at radius 2 is 2.00 bits per heavy atom. The molecule has 0 aromatic heterocycles.